The monoisotopic (exact) mass is 497 g/mol. The number of fused-ring (bicyclic) bond motifs is 2. The van der Waals surface area contributed by atoms with Crippen LogP contribution in [-0.2, 0) is 0 Å². The van der Waals surface area contributed by atoms with Crippen molar-refractivity contribution in [2.24, 2.45) is 28.6 Å². The van der Waals surface area contributed by atoms with Crippen molar-refractivity contribution in [1.29, 1.82) is 0 Å². The summed E-state index contributed by atoms with van der Waals surface area (Å²) in [6.07, 6.45) is 7.58. The van der Waals surface area contributed by atoms with E-state index in [4.69, 9.17) is 0 Å². The van der Waals surface area contributed by atoms with Crippen LogP contribution in [0.15, 0.2) is 21.7 Å². The Kier molecular flexibility index (Phi) is 3.17. The van der Waals surface area contributed by atoms with Crippen molar-refractivity contribution in [1.82, 2.24) is 13.9 Å². The average molecular weight is 499 g/mol. The van der Waals surface area contributed by atoms with Gasteiger partial charge in [0.1, 0.15) is 0 Å². The Morgan fingerprint density at radius 3 is 1.89 bits per heavy atom. The van der Waals surface area contributed by atoms with Crippen molar-refractivity contribution in [3.63, 3.8) is 0 Å². The van der Waals surface area contributed by atoms with E-state index in [-0.39, 0.29) is 40.3 Å². The van der Waals surface area contributed by atoms with Gasteiger partial charge in [0.15, 0.2) is 0 Å². The number of allylic oxidation sites excluding steroid dienone is 2. The Morgan fingerprint density at radius 2 is 1.48 bits per heavy atom. The first kappa shape index (κ1) is 17.3. The molecular weight excluding hydrogens is 474 g/mol. The van der Waals surface area contributed by atoms with Gasteiger partial charge in [-0.3, -0.25) is 0 Å². The molecule has 27 heavy (non-hydrogen) atoms. The molecule has 7 rings (SSSR count). The third-order valence-corrected chi connectivity index (χ3v) is 12.5. The molecule has 3 heterocycles. The molecule has 0 aromatic carbocycles. The van der Waals surface area contributed by atoms with Gasteiger partial charge in [0, 0.05) is 27.5 Å². The SMILES string of the molecule is CC1(C)[C@H]2CC[C@@]1(C)[C@H](n1c(=O)n3n(c1=O)[C@H]1C=C[C@H]3[C@@H]3[C@H](Br)[C@@H](Br)[C@H]31)C2. The topological polar surface area (TPSA) is 48.9 Å². The van der Waals surface area contributed by atoms with E-state index in [0.717, 1.165) is 12.8 Å². The Morgan fingerprint density at radius 1 is 0.963 bits per heavy atom. The van der Waals surface area contributed by atoms with Gasteiger partial charge in [0.25, 0.3) is 0 Å². The first-order valence-electron chi connectivity index (χ1n) is 10.1. The number of halogens is 2. The van der Waals surface area contributed by atoms with Crippen molar-refractivity contribution in [3.05, 3.63) is 33.1 Å². The summed E-state index contributed by atoms with van der Waals surface area (Å²) in [6.45, 7) is 6.97. The van der Waals surface area contributed by atoms with Crippen LogP contribution in [0.5, 0.6) is 0 Å². The molecule has 0 spiro atoms. The van der Waals surface area contributed by atoms with E-state index in [1.807, 2.05) is 0 Å². The van der Waals surface area contributed by atoms with Crippen molar-refractivity contribution >= 4 is 31.9 Å². The Balaban J connectivity index is 1.54. The molecular formula is C20H25Br2N3O2. The molecule has 1 aromatic heterocycles. The van der Waals surface area contributed by atoms with Gasteiger partial charge in [0.2, 0.25) is 0 Å². The van der Waals surface area contributed by atoms with Gasteiger partial charge < -0.3 is 0 Å². The molecule has 3 saturated carbocycles. The molecule has 0 saturated heterocycles. The molecule has 1 aromatic rings. The lowest BCUT2D eigenvalue weighted by molar-refractivity contribution is 0.0346. The van der Waals surface area contributed by atoms with Gasteiger partial charge in [-0.15, -0.1) is 0 Å². The second-order valence-corrected chi connectivity index (χ2v) is 12.3. The molecule has 9 atom stereocenters. The summed E-state index contributed by atoms with van der Waals surface area (Å²) in [5.74, 6) is 1.36. The van der Waals surface area contributed by atoms with Crippen LogP contribution in [0, 0.1) is 28.6 Å². The maximum atomic E-state index is 13.5. The molecule has 5 nitrogen and oxygen atoms in total. The van der Waals surface area contributed by atoms with Crippen molar-refractivity contribution in [3.8, 4) is 0 Å². The first-order chi connectivity index (χ1) is 12.7. The average Bonchev–Trinajstić information content (AvgIpc) is 3.13. The molecule has 3 fully saturated rings. The predicted octanol–water partition coefficient (Wildman–Crippen LogP) is 3.64. The van der Waals surface area contributed by atoms with Gasteiger partial charge >= 0.3 is 11.4 Å². The molecule has 4 bridgehead atoms. The zero-order chi connectivity index (χ0) is 19.0. The second-order valence-electron chi connectivity index (χ2n) is 10.2. The standard InChI is InChI=1S/C20H25Br2N3O2/c1-19(2)9-6-7-20(19,3)12(8-9)23-17(26)24-10-4-5-11(25(24)18(23)27)14-13(10)15(21)16(14)22/h4-5,9-16H,6-8H2,1-3H3/t9-,10-,11-,12+,13-,14-,15-,16-,20-/m0/s1. The van der Waals surface area contributed by atoms with Crippen LogP contribution in [0.2, 0.25) is 0 Å². The zero-order valence-corrected chi connectivity index (χ0v) is 19.0. The minimum Gasteiger partial charge on any atom is -0.246 e. The third-order valence-electron chi connectivity index (χ3n) is 9.44. The summed E-state index contributed by atoms with van der Waals surface area (Å²) < 4.78 is 5.21. The fourth-order valence-electron chi connectivity index (χ4n) is 7.36. The van der Waals surface area contributed by atoms with Crippen molar-refractivity contribution in [2.45, 2.75) is 67.8 Å². The highest BCUT2D eigenvalue weighted by atomic mass is 79.9. The molecule has 146 valence electrons. The van der Waals surface area contributed by atoms with Gasteiger partial charge in [-0.2, -0.15) is 0 Å². The smallest absolute Gasteiger partial charge is 0.246 e. The Bertz CT molecular complexity index is 948. The molecule has 0 amide bonds. The van der Waals surface area contributed by atoms with E-state index in [2.05, 4.69) is 64.8 Å². The summed E-state index contributed by atoms with van der Waals surface area (Å²) >= 11 is 7.59. The minimum atomic E-state index is -0.0925. The number of rotatable bonds is 1. The summed E-state index contributed by atoms with van der Waals surface area (Å²) in [7, 11) is 0. The van der Waals surface area contributed by atoms with E-state index < -0.39 is 0 Å². The Labute approximate surface area is 175 Å². The number of nitrogens with zero attached hydrogens (tertiary/aromatic N) is 3. The molecule has 0 unspecified atom stereocenters. The number of hydrogen-bond acceptors (Lipinski definition) is 2. The van der Waals surface area contributed by atoms with Crippen LogP contribution >= 0.6 is 31.9 Å². The lowest BCUT2D eigenvalue weighted by Gasteiger charge is -2.58. The van der Waals surface area contributed by atoms with Gasteiger partial charge in [-0.25, -0.2) is 23.5 Å². The van der Waals surface area contributed by atoms with Crippen molar-refractivity contribution in [2.75, 3.05) is 0 Å². The normalized spacial score (nSPS) is 50.6. The highest BCUT2D eigenvalue weighted by Crippen LogP contribution is 2.69. The third kappa shape index (κ3) is 1.67. The predicted molar refractivity (Wildman–Crippen MR) is 111 cm³/mol. The molecule has 4 aliphatic carbocycles. The molecule has 0 N–H and O–H groups in total. The molecule has 0 radical (unpaired) electrons. The van der Waals surface area contributed by atoms with Crippen LogP contribution in [0.25, 0.3) is 0 Å². The van der Waals surface area contributed by atoms with Crippen LogP contribution < -0.4 is 11.4 Å². The highest BCUT2D eigenvalue weighted by Gasteiger charge is 2.64. The van der Waals surface area contributed by atoms with Gasteiger partial charge in [0.05, 0.1) is 12.1 Å². The van der Waals surface area contributed by atoms with E-state index in [9.17, 15) is 9.59 Å². The number of hydrogen-bond donors (Lipinski definition) is 0. The second kappa shape index (κ2) is 4.94. The van der Waals surface area contributed by atoms with Crippen LogP contribution in [0.1, 0.15) is 58.2 Å². The van der Waals surface area contributed by atoms with E-state index in [1.54, 1.807) is 13.9 Å². The maximum absolute atomic E-state index is 13.5. The van der Waals surface area contributed by atoms with Gasteiger partial charge in [-0.05, 0) is 36.0 Å². The molecule has 7 heteroatoms. The maximum Gasteiger partial charge on any atom is 0.348 e. The van der Waals surface area contributed by atoms with Crippen LogP contribution in [0.4, 0.5) is 0 Å². The van der Waals surface area contributed by atoms with E-state index >= 15 is 0 Å². The van der Waals surface area contributed by atoms with E-state index in [1.165, 1.54) is 6.42 Å². The summed E-state index contributed by atoms with van der Waals surface area (Å²) in [6, 6.07) is -0.00787. The minimum absolute atomic E-state index is 0.0140. The fraction of sp³-hybridized carbons (Fsp3) is 0.800. The lowest BCUT2D eigenvalue weighted by Crippen LogP contribution is -2.63. The number of aromatic nitrogens is 3. The highest BCUT2D eigenvalue weighted by molar-refractivity contribution is 9.12. The van der Waals surface area contributed by atoms with E-state index in [0.29, 0.717) is 27.4 Å². The van der Waals surface area contributed by atoms with Gasteiger partial charge in [-0.1, -0.05) is 64.8 Å². The summed E-state index contributed by atoms with van der Waals surface area (Å²) in [4.78, 5) is 27.8. The molecule has 6 aliphatic rings. The summed E-state index contributed by atoms with van der Waals surface area (Å²) in [5, 5.41) is 0. The largest absolute Gasteiger partial charge is 0.348 e. The zero-order valence-electron chi connectivity index (χ0n) is 15.8. The van der Waals surface area contributed by atoms with Crippen LogP contribution in [-0.4, -0.2) is 23.6 Å². The molecule has 2 aliphatic heterocycles. The lowest BCUT2D eigenvalue weighted by atomic mass is 9.62. The fourth-order valence-corrected chi connectivity index (χ4v) is 9.39. The number of alkyl halides is 2. The summed E-state index contributed by atoms with van der Waals surface area (Å²) in [5.41, 5.74) is 0.00440. The van der Waals surface area contributed by atoms with Crippen molar-refractivity contribution < 1.29 is 0 Å². The quantitative estimate of drug-likeness (QED) is 0.438. The van der Waals surface area contributed by atoms with Crippen LogP contribution in [0.3, 0.4) is 0 Å². The Hall–Kier alpha value is -0.560. The first-order valence-corrected chi connectivity index (χ1v) is 12.0.